The lowest BCUT2D eigenvalue weighted by molar-refractivity contribution is -0.120. The second-order valence-electron chi connectivity index (χ2n) is 6.45. The van der Waals surface area contributed by atoms with Gasteiger partial charge in [-0.25, -0.2) is 4.90 Å². The molecule has 0 unspecified atom stereocenters. The first-order chi connectivity index (χ1) is 13.4. The lowest BCUT2D eigenvalue weighted by atomic mass is 10.0. The third-order valence-corrected chi connectivity index (χ3v) is 4.90. The quantitative estimate of drug-likeness (QED) is 0.755. The number of halogens is 1. The fourth-order valence-electron chi connectivity index (χ4n) is 3.27. The van der Waals surface area contributed by atoms with Crippen LogP contribution in [0.25, 0.3) is 5.57 Å². The predicted octanol–water partition coefficient (Wildman–Crippen LogP) is 2.87. The maximum absolute atomic E-state index is 13.4. The third-order valence-electron chi connectivity index (χ3n) is 4.66. The lowest BCUT2D eigenvalue weighted by Crippen LogP contribution is -2.35. The first-order valence-electron chi connectivity index (χ1n) is 8.75. The molecule has 1 aliphatic heterocycles. The van der Waals surface area contributed by atoms with Crippen LogP contribution in [-0.2, 0) is 9.59 Å². The Kier molecular flexibility index (Phi) is 5.72. The van der Waals surface area contributed by atoms with Gasteiger partial charge < -0.3 is 14.7 Å². The van der Waals surface area contributed by atoms with Gasteiger partial charge in [0.1, 0.15) is 11.4 Å². The Morgan fingerprint density at radius 3 is 2.54 bits per heavy atom. The maximum Gasteiger partial charge on any atom is 0.282 e. The van der Waals surface area contributed by atoms with E-state index < -0.39 is 11.8 Å². The molecule has 1 heterocycles. The molecule has 0 spiro atoms. The van der Waals surface area contributed by atoms with Crippen molar-refractivity contribution in [1.82, 2.24) is 4.90 Å². The minimum atomic E-state index is -0.466. The number of aliphatic hydroxyl groups is 1. The average Bonchev–Trinajstić information content (AvgIpc) is 2.94. The molecule has 2 amide bonds. The van der Waals surface area contributed by atoms with Crippen LogP contribution in [0, 0.1) is 6.92 Å². The number of hydrogen-bond donors (Lipinski definition) is 1. The van der Waals surface area contributed by atoms with Crippen LogP contribution in [0.1, 0.15) is 11.1 Å². The van der Waals surface area contributed by atoms with E-state index in [0.29, 0.717) is 22.0 Å². The molecule has 0 radical (unpaired) electrons. The summed E-state index contributed by atoms with van der Waals surface area (Å²) in [5.41, 5.74) is 2.14. The number of aryl methyl sites for hydroxylation is 1. The molecule has 7 heteroatoms. The highest BCUT2D eigenvalue weighted by Crippen LogP contribution is 2.39. The number of ether oxygens (including phenoxy) is 1. The number of imide groups is 1. The number of methoxy groups -OCH3 is 1. The molecule has 0 saturated carbocycles. The van der Waals surface area contributed by atoms with Crippen LogP contribution in [0.5, 0.6) is 5.75 Å². The predicted molar refractivity (Wildman–Crippen MR) is 108 cm³/mol. The minimum absolute atomic E-state index is 0.156. The molecule has 1 N–H and O–H groups in total. The molecule has 0 bridgehead atoms. The second-order valence-corrected chi connectivity index (χ2v) is 6.88. The Labute approximate surface area is 168 Å². The van der Waals surface area contributed by atoms with E-state index in [0.717, 1.165) is 10.5 Å². The molecule has 0 aliphatic carbocycles. The summed E-state index contributed by atoms with van der Waals surface area (Å²) in [4.78, 5) is 29.5. The van der Waals surface area contributed by atoms with Crippen molar-refractivity contribution in [3.8, 4) is 5.75 Å². The topological polar surface area (TPSA) is 70.1 Å². The van der Waals surface area contributed by atoms with Crippen LogP contribution in [0.2, 0.25) is 5.02 Å². The molecule has 0 fully saturated rings. The molecular formula is C21H21ClN2O4. The number of para-hydroxylation sites is 1. The number of carbonyl (C=O) groups is 2. The number of amides is 2. The van der Waals surface area contributed by atoms with Gasteiger partial charge in [0.05, 0.1) is 25.0 Å². The zero-order chi connectivity index (χ0) is 20.4. The Morgan fingerprint density at radius 2 is 1.86 bits per heavy atom. The summed E-state index contributed by atoms with van der Waals surface area (Å²) in [5.74, 6) is -0.440. The van der Waals surface area contributed by atoms with Gasteiger partial charge in [0.15, 0.2) is 0 Å². The third kappa shape index (κ3) is 3.37. The van der Waals surface area contributed by atoms with Crippen LogP contribution in [0.15, 0.2) is 48.2 Å². The van der Waals surface area contributed by atoms with Crippen LogP contribution in [0.3, 0.4) is 0 Å². The van der Waals surface area contributed by atoms with E-state index in [1.54, 1.807) is 54.4 Å². The summed E-state index contributed by atoms with van der Waals surface area (Å²) >= 11 is 6.11. The van der Waals surface area contributed by atoms with Gasteiger partial charge in [-0.2, -0.15) is 0 Å². The summed E-state index contributed by atoms with van der Waals surface area (Å²) in [7, 11) is 3.18. The van der Waals surface area contributed by atoms with Crippen molar-refractivity contribution in [2.45, 2.75) is 6.92 Å². The number of aliphatic hydroxyl groups excluding tert-OH is 1. The van der Waals surface area contributed by atoms with Gasteiger partial charge >= 0.3 is 0 Å². The monoisotopic (exact) mass is 400 g/mol. The van der Waals surface area contributed by atoms with Gasteiger partial charge in [0.2, 0.25) is 0 Å². The molecule has 0 aromatic heterocycles. The van der Waals surface area contributed by atoms with E-state index in [4.69, 9.17) is 16.3 Å². The number of nitrogens with zero attached hydrogens (tertiary/aromatic N) is 2. The van der Waals surface area contributed by atoms with E-state index >= 15 is 0 Å². The Balaban J connectivity index is 2.21. The smallest absolute Gasteiger partial charge is 0.282 e. The van der Waals surface area contributed by atoms with E-state index in [9.17, 15) is 14.7 Å². The highest BCUT2D eigenvalue weighted by atomic mass is 35.5. The summed E-state index contributed by atoms with van der Waals surface area (Å²) in [5, 5.41) is 9.78. The maximum atomic E-state index is 13.4. The summed E-state index contributed by atoms with van der Waals surface area (Å²) in [6.45, 7) is 1.86. The first-order valence-corrected chi connectivity index (χ1v) is 9.13. The minimum Gasteiger partial charge on any atom is -0.496 e. The molecule has 2 aromatic rings. The van der Waals surface area contributed by atoms with Crippen molar-refractivity contribution in [2.24, 2.45) is 0 Å². The van der Waals surface area contributed by atoms with E-state index in [1.165, 1.54) is 7.11 Å². The summed E-state index contributed by atoms with van der Waals surface area (Å²) in [6, 6.07) is 12.1. The number of likely N-dealkylation sites (N-methyl/N-ethyl adjacent to an activating group) is 1. The van der Waals surface area contributed by atoms with Crippen LogP contribution in [-0.4, -0.2) is 49.1 Å². The highest BCUT2D eigenvalue weighted by molar-refractivity contribution is 6.46. The number of anilines is 1. The molecule has 146 valence electrons. The SMILES string of the molecule is COc1ccccc1C1=C(N(C)CCO)C(=O)N(c2cc(Cl)ccc2C)C1=O. The van der Waals surface area contributed by atoms with Crippen molar-refractivity contribution in [1.29, 1.82) is 0 Å². The van der Waals surface area contributed by atoms with Gasteiger partial charge in [-0.05, 0) is 30.7 Å². The average molecular weight is 401 g/mol. The van der Waals surface area contributed by atoms with Gasteiger partial charge in [-0.3, -0.25) is 9.59 Å². The number of benzene rings is 2. The molecule has 6 nitrogen and oxygen atoms in total. The van der Waals surface area contributed by atoms with Crippen molar-refractivity contribution in [3.05, 3.63) is 64.3 Å². The summed E-state index contributed by atoms with van der Waals surface area (Å²) in [6.07, 6.45) is 0. The highest BCUT2D eigenvalue weighted by Gasteiger charge is 2.43. The van der Waals surface area contributed by atoms with Crippen LogP contribution in [0.4, 0.5) is 5.69 Å². The Bertz CT molecular complexity index is 971. The molecular weight excluding hydrogens is 380 g/mol. The molecule has 3 rings (SSSR count). The number of hydrogen-bond acceptors (Lipinski definition) is 5. The van der Waals surface area contributed by atoms with Crippen molar-refractivity contribution in [2.75, 3.05) is 32.2 Å². The number of rotatable bonds is 6. The Morgan fingerprint density at radius 1 is 1.14 bits per heavy atom. The van der Waals surface area contributed by atoms with Gasteiger partial charge in [-0.15, -0.1) is 0 Å². The second kappa shape index (κ2) is 8.04. The molecule has 28 heavy (non-hydrogen) atoms. The normalized spacial score (nSPS) is 14.1. The zero-order valence-corrected chi connectivity index (χ0v) is 16.7. The van der Waals surface area contributed by atoms with Gasteiger partial charge in [0, 0.05) is 24.2 Å². The van der Waals surface area contributed by atoms with Crippen molar-refractivity contribution >= 4 is 34.7 Å². The zero-order valence-electron chi connectivity index (χ0n) is 15.9. The van der Waals surface area contributed by atoms with Crippen molar-refractivity contribution in [3.63, 3.8) is 0 Å². The fraction of sp³-hybridized carbons (Fsp3) is 0.238. The van der Waals surface area contributed by atoms with Gasteiger partial charge in [-0.1, -0.05) is 35.9 Å². The van der Waals surface area contributed by atoms with Crippen molar-refractivity contribution < 1.29 is 19.4 Å². The molecule has 0 saturated heterocycles. The van der Waals surface area contributed by atoms with E-state index in [-0.39, 0.29) is 24.4 Å². The largest absolute Gasteiger partial charge is 0.496 e. The molecule has 2 aromatic carbocycles. The number of carbonyl (C=O) groups excluding carboxylic acids is 2. The first kappa shape index (κ1) is 19.9. The molecule has 0 atom stereocenters. The van der Waals surface area contributed by atoms with Gasteiger partial charge in [0.25, 0.3) is 11.8 Å². The van der Waals surface area contributed by atoms with E-state index in [2.05, 4.69) is 0 Å². The van der Waals surface area contributed by atoms with Crippen LogP contribution < -0.4 is 9.64 Å². The standard InChI is InChI=1S/C21H21ClN2O4/c1-13-8-9-14(22)12-16(13)24-20(26)18(15-6-4-5-7-17(15)28-3)19(21(24)27)23(2)10-11-25/h4-9,12,25H,10-11H2,1-3H3. The Hall–Kier alpha value is -2.83. The summed E-state index contributed by atoms with van der Waals surface area (Å²) < 4.78 is 5.41. The lowest BCUT2D eigenvalue weighted by Gasteiger charge is -2.21. The van der Waals surface area contributed by atoms with E-state index in [1.807, 2.05) is 6.92 Å². The molecule has 1 aliphatic rings. The fourth-order valence-corrected chi connectivity index (χ4v) is 3.44. The van der Waals surface area contributed by atoms with Crippen LogP contribution >= 0.6 is 11.6 Å².